The second-order valence-corrected chi connectivity index (χ2v) is 7.04. The van der Waals surface area contributed by atoms with Gasteiger partial charge in [0.05, 0.1) is 13.5 Å². The molecule has 0 saturated carbocycles. The fraction of sp³-hybridized carbons (Fsp3) is 0.182. The third kappa shape index (κ3) is 7.65. The van der Waals surface area contributed by atoms with Crippen molar-refractivity contribution in [2.75, 3.05) is 12.4 Å². The first-order valence-corrected chi connectivity index (χ1v) is 9.88. The zero-order valence-electron chi connectivity index (χ0n) is 18.5. The van der Waals surface area contributed by atoms with Crippen LogP contribution in [0.1, 0.15) is 32.7 Å². The first kappa shape index (κ1) is 27.5. The summed E-state index contributed by atoms with van der Waals surface area (Å²) in [6.07, 6.45) is -6.55. The summed E-state index contributed by atoms with van der Waals surface area (Å²) in [5, 5.41) is 12.0. The van der Waals surface area contributed by atoms with Gasteiger partial charge >= 0.3 is 24.1 Å². The lowest BCUT2D eigenvalue weighted by atomic mass is 10.1. The van der Waals surface area contributed by atoms with Gasteiger partial charge in [0.15, 0.2) is 0 Å². The van der Waals surface area contributed by atoms with Crippen LogP contribution in [0.15, 0.2) is 48.5 Å². The van der Waals surface area contributed by atoms with Gasteiger partial charge < -0.3 is 25.8 Å². The van der Waals surface area contributed by atoms with Crippen molar-refractivity contribution in [2.45, 2.75) is 18.6 Å². The average Bonchev–Trinajstić information content (AvgIpc) is 2.82. The van der Waals surface area contributed by atoms with Gasteiger partial charge in [-0.15, -0.1) is 0 Å². The molecule has 1 unspecified atom stereocenters. The van der Waals surface area contributed by atoms with Crippen LogP contribution in [0, 0.1) is 5.41 Å². The van der Waals surface area contributed by atoms with Crippen molar-refractivity contribution in [2.24, 2.45) is 5.73 Å². The minimum Gasteiger partial charge on any atom is -0.467 e. The number of benzene rings is 2. The van der Waals surface area contributed by atoms with E-state index in [-0.39, 0.29) is 22.6 Å². The van der Waals surface area contributed by atoms with E-state index in [1.807, 2.05) is 0 Å². The predicted molar refractivity (Wildman–Crippen MR) is 117 cm³/mol. The molecule has 11 nitrogen and oxygen atoms in total. The number of hydrogen-bond donors (Lipinski definition) is 4. The van der Waals surface area contributed by atoms with Crippen LogP contribution < -0.4 is 16.4 Å². The Balaban J connectivity index is 2.10. The number of nitrogen functional groups attached to an aromatic ring is 1. The molecular weight excluding hydrogens is 489 g/mol. The number of ether oxygens (including phenoxy) is 2. The second kappa shape index (κ2) is 11.6. The molecule has 0 spiro atoms. The zero-order valence-corrected chi connectivity index (χ0v) is 18.5. The van der Waals surface area contributed by atoms with Crippen LogP contribution in [-0.2, 0) is 23.9 Å². The number of hydrogen-bond acceptors (Lipinski definition) is 8. The summed E-state index contributed by atoms with van der Waals surface area (Å²) < 4.78 is 44.8. The molecule has 36 heavy (non-hydrogen) atoms. The third-order valence-corrected chi connectivity index (χ3v) is 4.44. The van der Waals surface area contributed by atoms with Gasteiger partial charge in [0.25, 0.3) is 11.8 Å². The predicted octanol–water partition coefficient (Wildman–Crippen LogP) is 1.52. The quantitative estimate of drug-likeness (QED) is 0.179. The van der Waals surface area contributed by atoms with E-state index < -0.39 is 48.4 Å². The summed E-state index contributed by atoms with van der Waals surface area (Å²) in [5.41, 5.74) is 6.09. The van der Waals surface area contributed by atoms with Gasteiger partial charge in [-0.2, -0.15) is 13.2 Å². The van der Waals surface area contributed by atoms with E-state index in [1.54, 1.807) is 0 Å². The lowest BCUT2D eigenvalue weighted by Gasteiger charge is -2.16. The van der Waals surface area contributed by atoms with Crippen LogP contribution in [0.25, 0.3) is 0 Å². The Morgan fingerprint density at radius 2 is 1.58 bits per heavy atom. The molecule has 2 aromatic rings. The summed E-state index contributed by atoms with van der Waals surface area (Å²) in [6.45, 7) is 0. The lowest BCUT2D eigenvalue weighted by Crippen LogP contribution is -2.43. The third-order valence-electron chi connectivity index (χ3n) is 4.44. The minimum atomic E-state index is -5.43. The van der Waals surface area contributed by atoms with Crippen molar-refractivity contribution in [3.05, 3.63) is 65.2 Å². The molecule has 0 saturated heterocycles. The Morgan fingerprint density at radius 1 is 0.972 bits per heavy atom. The number of carbonyl (C=O) groups is 5. The summed E-state index contributed by atoms with van der Waals surface area (Å²) in [4.78, 5) is 59.4. The molecule has 0 fully saturated rings. The van der Waals surface area contributed by atoms with Crippen LogP contribution in [0.2, 0.25) is 0 Å². The number of halogens is 3. The monoisotopic (exact) mass is 508 g/mol. The summed E-state index contributed by atoms with van der Waals surface area (Å²) >= 11 is 0. The van der Waals surface area contributed by atoms with Gasteiger partial charge in [-0.05, 0) is 30.3 Å². The van der Waals surface area contributed by atoms with E-state index in [9.17, 15) is 37.1 Å². The lowest BCUT2D eigenvalue weighted by molar-refractivity contribution is -0.202. The van der Waals surface area contributed by atoms with Crippen LogP contribution in [-0.4, -0.2) is 54.9 Å². The molecule has 0 heterocycles. The fourth-order valence-electron chi connectivity index (χ4n) is 2.69. The van der Waals surface area contributed by atoms with Gasteiger partial charge in [-0.3, -0.25) is 19.8 Å². The van der Waals surface area contributed by atoms with Crippen molar-refractivity contribution in [1.82, 2.24) is 5.32 Å². The number of alkyl halides is 3. The van der Waals surface area contributed by atoms with Crippen molar-refractivity contribution in [1.29, 1.82) is 5.41 Å². The molecule has 2 amide bonds. The molecule has 0 aliphatic rings. The number of nitrogens with two attached hydrogens (primary N) is 1. The number of methoxy groups -OCH3 is 1. The minimum absolute atomic E-state index is 0.0895. The number of nitrogens with one attached hydrogen (secondary N) is 3. The Kier molecular flexibility index (Phi) is 8.85. The highest BCUT2D eigenvalue weighted by atomic mass is 19.4. The molecule has 0 aliphatic carbocycles. The Hall–Kier alpha value is -4.75. The smallest absolute Gasteiger partial charge is 0.467 e. The zero-order chi connectivity index (χ0) is 27.0. The van der Waals surface area contributed by atoms with E-state index in [1.165, 1.54) is 48.5 Å². The summed E-state index contributed by atoms with van der Waals surface area (Å²) in [7, 11) is 0.910. The molecule has 190 valence electrons. The van der Waals surface area contributed by atoms with Gasteiger partial charge in [0.1, 0.15) is 11.9 Å². The highest BCUT2D eigenvalue weighted by molar-refractivity contribution is 6.06. The highest BCUT2D eigenvalue weighted by Gasteiger charge is 2.43. The number of rotatable bonds is 8. The van der Waals surface area contributed by atoms with Crippen molar-refractivity contribution in [3.63, 3.8) is 0 Å². The normalized spacial score (nSPS) is 11.6. The molecular formula is C22H19F3N4O7. The number of esters is 3. The van der Waals surface area contributed by atoms with Crippen LogP contribution >= 0.6 is 0 Å². The number of amidine groups is 1. The van der Waals surface area contributed by atoms with Crippen molar-refractivity contribution < 1.29 is 46.6 Å². The first-order chi connectivity index (χ1) is 16.8. The van der Waals surface area contributed by atoms with Gasteiger partial charge in [0, 0.05) is 22.4 Å². The fourth-order valence-corrected chi connectivity index (χ4v) is 2.69. The Bertz CT molecular complexity index is 1200. The number of carbonyl (C=O) groups excluding carboxylic acids is 5. The first-order valence-electron chi connectivity index (χ1n) is 9.88. The van der Waals surface area contributed by atoms with Crippen molar-refractivity contribution >= 4 is 41.2 Å². The van der Waals surface area contributed by atoms with E-state index in [2.05, 4.69) is 20.1 Å². The number of amides is 2. The number of anilines is 1. The molecule has 2 rings (SSSR count). The molecule has 0 radical (unpaired) electrons. The topological polar surface area (TPSA) is 178 Å². The second-order valence-electron chi connectivity index (χ2n) is 7.04. The molecule has 1 atom stereocenters. The van der Waals surface area contributed by atoms with Crippen molar-refractivity contribution in [3.8, 4) is 0 Å². The van der Waals surface area contributed by atoms with Crippen LogP contribution in [0.5, 0.6) is 0 Å². The molecule has 0 aliphatic heterocycles. The Morgan fingerprint density at radius 3 is 2.14 bits per heavy atom. The SMILES string of the molecule is COC(=O)C(CC(=O)OC(=O)C(F)(F)F)NC(=O)c1cccc(NC(=O)c2ccc(C(=N)N)cc2)c1. The molecule has 5 N–H and O–H groups in total. The van der Waals surface area contributed by atoms with Gasteiger partial charge in [-0.25, -0.2) is 9.59 Å². The summed E-state index contributed by atoms with van der Waals surface area (Å²) in [5.74, 6) is -7.34. The van der Waals surface area contributed by atoms with Crippen LogP contribution in [0.4, 0.5) is 18.9 Å². The maximum atomic E-state index is 12.6. The maximum absolute atomic E-state index is 12.6. The van der Waals surface area contributed by atoms with E-state index in [0.29, 0.717) is 5.56 Å². The molecule has 0 bridgehead atoms. The Labute approximate surface area is 201 Å². The average molecular weight is 508 g/mol. The van der Waals surface area contributed by atoms with Gasteiger partial charge in [0.2, 0.25) is 0 Å². The molecule has 14 heteroatoms. The van der Waals surface area contributed by atoms with E-state index in [0.717, 1.165) is 7.11 Å². The largest absolute Gasteiger partial charge is 0.491 e. The molecule has 0 aromatic heterocycles. The standard InChI is InChI=1S/C22H19F3N4O7/c1-35-20(33)15(10-16(30)36-21(34)22(23,24)25)29-19(32)13-3-2-4-14(9-13)28-18(31)12-7-5-11(6-8-12)17(26)27/h2-9,15H,10H2,1H3,(H3,26,27)(H,28,31)(H,29,32). The highest BCUT2D eigenvalue weighted by Crippen LogP contribution is 2.17. The van der Waals surface area contributed by atoms with E-state index >= 15 is 0 Å². The van der Waals surface area contributed by atoms with E-state index in [4.69, 9.17) is 11.1 Å². The van der Waals surface area contributed by atoms with Crippen LogP contribution in [0.3, 0.4) is 0 Å². The summed E-state index contributed by atoms with van der Waals surface area (Å²) in [6, 6.07) is 9.43. The van der Waals surface area contributed by atoms with Gasteiger partial charge in [-0.1, -0.05) is 18.2 Å². The molecule has 2 aromatic carbocycles. The maximum Gasteiger partial charge on any atom is 0.491 e.